The predicted molar refractivity (Wildman–Crippen MR) is 74.0 cm³/mol. The second-order valence-electron chi connectivity index (χ2n) is 4.97. The standard InChI is InChI=1S/C15H17NOS/c1-10-6-5-9-12-13(10)16-15(18-12)14(17)11-7-3-2-4-8-11/h2-4,7-8,10,14,17H,5-6,9H2,1H3. The number of hydrogen-bond donors (Lipinski definition) is 1. The predicted octanol–water partition coefficient (Wildman–Crippen LogP) is 3.66. The summed E-state index contributed by atoms with van der Waals surface area (Å²) in [6.45, 7) is 2.23. The molecule has 1 aromatic heterocycles. The molecule has 0 bridgehead atoms. The molecule has 0 saturated carbocycles. The Bertz CT molecular complexity index is 535. The molecule has 2 atom stereocenters. The van der Waals surface area contributed by atoms with Gasteiger partial charge in [-0.25, -0.2) is 4.98 Å². The molecule has 2 nitrogen and oxygen atoms in total. The van der Waals surface area contributed by atoms with Crippen molar-refractivity contribution in [2.75, 3.05) is 0 Å². The van der Waals surface area contributed by atoms with Gasteiger partial charge in [-0.15, -0.1) is 11.3 Å². The van der Waals surface area contributed by atoms with E-state index < -0.39 is 6.10 Å². The van der Waals surface area contributed by atoms with Crippen LogP contribution < -0.4 is 0 Å². The quantitative estimate of drug-likeness (QED) is 0.892. The van der Waals surface area contributed by atoms with Gasteiger partial charge in [-0.05, 0) is 30.7 Å². The molecule has 0 amide bonds. The average Bonchev–Trinajstić information content (AvgIpc) is 2.84. The largest absolute Gasteiger partial charge is 0.381 e. The van der Waals surface area contributed by atoms with Crippen LogP contribution in [0.4, 0.5) is 0 Å². The Kier molecular flexibility index (Phi) is 3.18. The highest BCUT2D eigenvalue weighted by molar-refractivity contribution is 7.11. The van der Waals surface area contributed by atoms with Crippen LogP contribution in [0.25, 0.3) is 0 Å². The number of benzene rings is 1. The lowest BCUT2D eigenvalue weighted by molar-refractivity contribution is 0.219. The molecule has 3 heteroatoms. The van der Waals surface area contributed by atoms with Crippen LogP contribution in [0.1, 0.15) is 52.9 Å². The van der Waals surface area contributed by atoms with Gasteiger partial charge >= 0.3 is 0 Å². The molecule has 1 aliphatic carbocycles. The maximum absolute atomic E-state index is 10.4. The molecule has 3 rings (SSSR count). The second kappa shape index (κ2) is 4.82. The van der Waals surface area contributed by atoms with Gasteiger partial charge < -0.3 is 5.11 Å². The zero-order valence-corrected chi connectivity index (χ0v) is 11.3. The maximum atomic E-state index is 10.4. The van der Waals surface area contributed by atoms with Crippen LogP contribution in [-0.4, -0.2) is 10.1 Å². The number of aryl methyl sites for hydroxylation is 1. The van der Waals surface area contributed by atoms with Crippen molar-refractivity contribution in [3.05, 3.63) is 51.5 Å². The van der Waals surface area contributed by atoms with Crippen LogP contribution in [0.15, 0.2) is 30.3 Å². The van der Waals surface area contributed by atoms with Crippen molar-refractivity contribution < 1.29 is 5.11 Å². The van der Waals surface area contributed by atoms with E-state index in [2.05, 4.69) is 11.9 Å². The number of hydrogen-bond acceptors (Lipinski definition) is 3. The Hall–Kier alpha value is -1.19. The van der Waals surface area contributed by atoms with Crippen molar-refractivity contribution >= 4 is 11.3 Å². The lowest BCUT2D eigenvalue weighted by Crippen LogP contribution is -2.05. The molecule has 2 unspecified atom stereocenters. The molecular formula is C15H17NOS. The number of rotatable bonds is 2. The molecule has 0 radical (unpaired) electrons. The van der Waals surface area contributed by atoms with Crippen LogP contribution in [0, 0.1) is 0 Å². The van der Waals surface area contributed by atoms with Crippen molar-refractivity contribution in [3.63, 3.8) is 0 Å². The zero-order valence-electron chi connectivity index (χ0n) is 10.5. The molecule has 1 aliphatic rings. The van der Waals surface area contributed by atoms with Gasteiger partial charge in [0.25, 0.3) is 0 Å². The number of aliphatic hydroxyl groups excluding tert-OH is 1. The van der Waals surface area contributed by atoms with Gasteiger partial charge in [0.15, 0.2) is 0 Å². The van der Waals surface area contributed by atoms with Gasteiger partial charge in [0.2, 0.25) is 0 Å². The van der Waals surface area contributed by atoms with Crippen LogP contribution in [0.3, 0.4) is 0 Å². The van der Waals surface area contributed by atoms with Crippen molar-refractivity contribution in [3.8, 4) is 0 Å². The van der Waals surface area contributed by atoms with Crippen LogP contribution >= 0.6 is 11.3 Å². The molecule has 2 aromatic rings. The summed E-state index contributed by atoms with van der Waals surface area (Å²) in [5.41, 5.74) is 2.15. The van der Waals surface area contributed by atoms with Crippen molar-refractivity contribution in [1.29, 1.82) is 0 Å². The van der Waals surface area contributed by atoms with E-state index in [1.165, 1.54) is 23.4 Å². The molecule has 0 saturated heterocycles. The molecule has 0 fully saturated rings. The molecule has 0 spiro atoms. The van der Waals surface area contributed by atoms with E-state index in [1.54, 1.807) is 11.3 Å². The topological polar surface area (TPSA) is 33.1 Å². The lowest BCUT2D eigenvalue weighted by atomic mass is 9.93. The Labute approximate surface area is 111 Å². The monoisotopic (exact) mass is 259 g/mol. The van der Waals surface area contributed by atoms with Gasteiger partial charge in [0, 0.05) is 4.88 Å². The smallest absolute Gasteiger partial charge is 0.131 e. The second-order valence-corrected chi connectivity index (χ2v) is 6.08. The molecule has 94 valence electrons. The highest BCUT2D eigenvalue weighted by Gasteiger charge is 2.24. The van der Waals surface area contributed by atoms with E-state index in [1.807, 2.05) is 30.3 Å². The first-order valence-corrected chi connectivity index (χ1v) is 7.30. The third-order valence-corrected chi connectivity index (χ3v) is 4.78. The maximum Gasteiger partial charge on any atom is 0.131 e. The summed E-state index contributed by atoms with van der Waals surface area (Å²) in [5.74, 6) is 0.543. The third-order valence-electron chi connectivity index (χ3n) is 3.60. The Morgan fingerprint density at radius 1 is 1.33 bits per heavy atom. The summed E-state index contributed by atoms with van der Waals surface area (Å²) in [5, 5.41) is 11.2. The first kappa shape index (κ1) is 11.9. The molecule has 18 heavy (non-hydrogen) atoms. The van der Waals surface area contributed by atoms with Gasteiger partial charge in [-0.1, -0.05) is 37.3 Å². The molecular weight excluding hydrogens is 242 g/mol. The first-order valence-electron chi connectivity index (χ1n) is 6.48. The summed E-state index contributed by atoms with van der Waals surface area (Å²) < 4.78 is 0. The van der Waals surface area contributed by atoms with E-state index in [-0.39, 0.29) is 0 Å². The van der Waals surface area contributed by atoms with E-state index in [0.717, 1.165) is 17.0 Å². The summed E-state index contributed by atoms with van der Waals surface area (Å²) in [7, 11) is 0. The fraction of sp³-hybridized carbons (Fsp3) is 0.400. The summed E-state index contributed by atoms with van der Waals surface area (Å²) in [4.78, 5) is 6.05. The van der Waals surface area contributed by atoms with Gasteiger partial charge in [-0.3, -0.25) is 0 Å². The van der Waals surface area contributed by atoms with Crippen LogP contribution in [-0.2, 0) is 6.42 Å². The SMILES string of the molecule is CC1CCCc2sc(C(O)c3ccccc3)nc21. The molecule has 1 N–H and O–H groups in total. The van der Waals surface area contributed by atoms with Crippen molar-refractivity contribution in [2.45, 2.75) is 38.2 Å². The first-order chi connectivity index (χ1) is 8.75. The van der Waals surface area contributed by atoms with Crippen LogP contribution in [0.2, 0.25) is 0 Å². The summed E-state index contributed by atoms with van der Waals surface area (Å²) in [6.07, 6.45) is 3.02. The highest BCUT2D eigenvalue weighted by Crippen LogP contribution is 2.37. The molecule has 1 heterocycles. The van der Waals surface area contributed by atoms with E-state index >= 15 is 0 Å². The van der Waals surface area contributed by atoms with Crippen molar-refractivity contribution in [2.24, 2.45) is 0 Å². The zero-order chi connectivity index (χ0) is 12.5. The average molecular weight is 259 g/mol. The molecule has 0 aliphatic heterocycles. The van der Waals surface area contributed by atoms with E-state index in [4.69, 9.17) is 0 Å². The van der Waals surface area contributed by atoms with Gasteiger partial charge in [-0.2, -0.15) is 0 Å². The van der Waals surface area contributed by atoms with Crippen molar-refractivity contribution in [1.82, 2.24) is 4.98 Å². The minimum atomic E-state index is -0.575. The molecule has 1 aromatic carbocycles. The number of nitrogens with zero attached hydrogens (tertiary/aromatic N) is 1. The number of aliphatic hydroxyl groups is 1. The number of aromatic nitrogens is 1. The Balaban J connectivity index is 1.94. The van der Waals surface area contributed by atoms with E-state index in [9.17, 15) is 5.11 Å². The third kappa shape index (κ3) is 2.08. The number of fused-ring (bicyclic) bond motifs is 1. The Morgan fingerprint density at radius 3 is 2.83 bits per heavy atom. The fourth-order valence-corrected chi connectivity index (χ4v) is 3.79. The Morgan fingerprint density at radius 2 is 2.11 bits per heavy atom. The summed E-state index contributed by atoms with van der Waals surface area (Å²) >= 11 is 1.68. The van der Waals surface area contributed by atoms with Gasteiger partial charge in [0.1, 0.15) is 11.1 Å². The minimum Gasteiger partial charge on any atom is -0.381 e. The van der Waals surface area contributed by atoms with Gasteiger partial charge in [0.05, 0.1) is 5.69 Å². The lowest BCUT2D eigenvalue weighted by Gasteiger charge is -2.15. The van der Waals surface area contributed by atoms with Crippen LogP contribution in [0.5, 0.6) is 0 Å². The fourth-order valence-electron chi connectivity index (χ4n) is 2.55. The van der Waals surface area contributed by atoms with E-state index in [0.29, 0.717) is 5.92 Å². The highest BCUT2D eigenvalue weighted by atomic mass is 32.1. The number of thiazole rings is 1. The summed E-state index contributed by atoms with van der Waals surface area (Å²) in [6, 6.07) is 9.78. The normalized spacial score (nSPS) is 20.4. The minimum absolute atomic E-state index is 0.543.